The highest BCUT2D eigenvalue weighted by Crippen LogP contribution is 2.31. The third kappa shape index (κ3) is 5.66. The first kappa shape index (κ1) is 24.2. The van der Waals surface area contributed by atoms with Gasteiger partial charge in [-0.15, -0.1) is 11.3 Å². The van der Waals surface area contributed by atoms with Gasteiger partial charge in [0.1, 0.15) is 11.6 Å². The Kier molecular flexibility index (Phi) is 8.25. The van der Waals surface area contributed by atoms with Crippen LogP contribution in [0.3, 0.4) is 0 Å². The van der Waals surface area contributed by atoms with E-state index in [1.54, 1.807) is 55.0 Å². The minimum atomic E-state index is -3.67. The Labute approximate surface area is 193 Å². The van der Waals surface area contributed by atoms with Crippen LogP contribution in [0.4, 0.5) is 0 Å². The second-order valence-electron chi connectivity index (χ2n) is 7.29. The molecule has 7 nitrogen and oxygen atoms in total. The van der Waals surface area contributed by atoms with E-state index in [1.165, 1.54) is 15.6 Å². The van der Waals surface area contributed by atoms with Crippen LogP contribution >= 0.6 is 11.3 Å². The van der Waals surface area contributed by atoms with Gasteiger partial charge in [0.25, 0.3) is 0 Å². The van der Waals surface area contributed by atoms with Gasteiger partial charge in [0, 0.05) is 18.0 Å². The zero-order chi connectivity index (χ0) is 23.1. The van der Waals surface area contributed by atoms with Crippen LogP contribution in [0.1, 0.15) is 36.5 Å². The van der Waals surface area contributed by atoms with E-state index in [-0.39, 0.29) is 30.7 Å². The summed E-state index contributed by atoms with van der Waals surface area (Å²) in [5, 5.41) is 11.7. The van der Waals surface area contributed by atoms with Crippen molar-refractivity contribution in [1.29, 1.82) is 0 Å². The average molecular weight is 477 g/mol. The number of aliphatic hydroxyl groups excluding tert-OH is 1. The molecule has 0 aliphatic heterocycles. The van der Waals surface area contributed by atoms with Crippen LogP contribution in [-0.4, -0.2) is 36.0 Å². The molecule has 0 bridgehead atoms. The van der Waals surface area contributed by atoms with Crippen LogP contribution in [0.15, 0.2) is 58.8 Å². The molecule has 3 aromatic rings. The van der Waals surface area contributed by atoms with Crippen LogP contribution in [0.2, 0.25) is 0 Å². The largest absolute Gasteiger partial charge is 0.493 e. The molecule has 2 aromatic carbocycles. The van der Waals surface area contributed by atoms with E-state index in [9.17, 15) is 13.5 Å². The zero-order valence-electron chi connectivity index (χ0n) is 18.4. The minimum Gasteiger partial charge on any atom is -0.493 e. The normalized spacial score (nSPS) is 12.7. The van der Waals surface area contributed by atoms with E-state index in [0.29, 0.717) is 23.6 Å². The van der Waals surface area contributed by atoms with Gasteiger partial charge in [-0.3, -0.25) is 0 Å². The molecule has 1 heterocycles. The Morgan fingerprint density at radius 1 is 1.16 bits per heavy atom. The van der Waals surface area contributed by atoms with Crippen molar-refractivity contribution in [3.63, 3.8) is 0 Å². The molecule has 0 spiro atoms. The lowest BCUT2D eigenvalue weighted by atomic mass is 10.1. The Bertz CT molecular complexity index is 1120. The van der Waals surface area contributed by atoms with Crippen LogP contribution in [0.25, 0.3) is 0 Å². The highest BCUT2D eigenvalue weighted by molar-refractivity contribution is 7.89. The summed E-state index contributed by atoms with van der Waals surface area (Å²) in [6.45, 7) is 4.19. The van der Waals surface area contributed by atoms with Crippen molar-refractivity contribution < 1.29 is 23.0 Å². The highest BCUT2D eigenvalue weighted by atomic mass is 32.2. The Hall–Kier alpha value is -2.46. The molecule has 9 heteroatoms. The quantitative estimate of drug-likeness (QED) is 0.446. The second kappa shape index (κ2) is 10.9. The minimum absolute atomic E-state index is 0.114. The number of rotatable bonds is 11. The van der Waals surface area contributed by atoms with Gasteiger partial charge in [0.2, 0.25) is 10.0 Å². The number of aromatic nitrogens is 1. The number of hydrogen-bond donors (Lipinski definition) is 1. The van der Waals surface area contributed by atoms with E-state index in [1.807, 2.05) is 19.9 Å². The first-order valence-corrected chi connectivity index (χ1v) is 12.6. The molecule has 0 aliphatic carbocycles. The molecule has 0 saturated carbocycles. The topological polar surface area (TPSA) is 89.0 Å². The standard InChI is InChI=1S/C23H28N2O5S2/c1-4-17(2)25(32(27,28)20-8-6-5-7-9-20)13-18-10-11-21(29-3)22(12-18)30-15-23-24-19(14-26)16-31-23/h5-12,16-17,26H,4,13-15H2,1-3H3. The maximum Gasteiger partial charge on any atom is 0.243 e. The third-order valence-corrected chi connectivity index (χ3v) is 7.96. The number of aliphatic hydroxyl groups is 1. The molecule has 3 rings (SSSR count). The zero-order valence-corrected chi connectivity index (χ0v) is 20.0. The maximum absolute atomic E-state index is 13.3. The van der Waals surface area contributed by atoms with Gasteiger partial charge >= 0.3 is 0 Å². The molecule has 172 valence electrons. The van der Waals surface area contributed by atoms with Gasteiger partial charge < -0.3 is 14.6 Å². The van der Waals surface area contributed by atoms with Gasteiger partial charge in [0.05, 0.1) is 24.3 Å². The Morgan fingerprint density at radius 2 is 1.91 bits per heavy atom. The molecule has 1 aromatic heterocycles. The molecule has 0 radical (unpaired) electrons. The van der Waals surface area contributed by atoms with Crippen molar-refractivity contribution in [3.8, 4) is 11.5 Å². The van der Waals surface area contributed by atoms with Gasteiger partial charge in [-0.25, -0.2) is 13.4 Å². The maximum atomic E-state index is 13.3. The lowest BCUT2D eigenvalue weighted by Gasteiger charge is -2.28. The number of sulfonamides is 1. The first-order chi connectivity index (χ1) is 15.4. The summed E-state index contributed by atoms with van der Waals surface area (Å²) in [6, 6.07) is 13.7. The predicted octanol–water partition coefficient (Wildman–Crippen LogP) is 4.21. The average Bonchev–Trinajstić information content (AvgIpc) is 3.29. The first-order valence-electron chi connectivity index (χ1n) is 10.3. The number of ether oxygens (including phenoxy) is 2. The fourth-order valence-electron chi connectivity index (χ4n) is 3.15. The van der Waals surface area contributed by atoms with Crippen LogP contribution < -0.4 is 9.47 Å². The molecule has 0 aliphatic rings. The van der Waals surface area contributed by atoms with E-state index in [0.717, 1.165) is 10.6 Å². The summed E-state index contributed by atoms with van der Waals surface area (Å²) in [6.07, 6.45) is 0.683. The molecule has 0 amide bonds. The van der Waals surface area contributed by atoms with Crippen LogP contribution in [0, 0.1) is 0 Å². The number of hydrogen-bond acceptors (Lipinski definition) is 7. The lowest BCUT2D eigenvalue weighted by molar-refractivity contribution is 0.271. The summed E-state index contributed by atoms with van der Waals surface area (Å²) in [4.78, 5) is 4.56. The third-order valence-electron chi connectivity index (χ3n) is 5.11. The van der Waals surface area contributed by atoms with E-state index in [2.05, 4.69) is 4.98 Å². The fraction of sp³-hybridized carbons (Fsp3) is 0.348. The summed E-state index contributed by atoms with van der Waals surface area (Å²) in [5.41, 5.74) is 1.39. The van der Waals surface area contributed by atoms with Gasteiger partial charge in [-0.2, -0.15) is 4.31 Å². The molecule has 1 atom stereocenters. The van der Waals surface area contributed by atoms with E-state index in [4.69, 9.17) is 9.47 Å². The number of methoxy groups -OCH3 is 1. The predicted molar refractivity (Wildman–Crippen MR) is 124 cm³/mol. The van der Waals surface area contributed by atoms with Crippen molar-refractivity contribution in [1.82, 2.24) is 9.29 Å². The number of benzene rings is 2. The lowest BCUT2D eigenvalue weighted by Crippen LogP contribution is -2.37. The van der Waals surface area contributed by atoms with Crippen molar-refractivity contribution in [3.05, 3.63) is 70.2 Å². The Morgan fingerprint density at radius 3 is 2.53 bits per heavy atom. The highest BCUT2D eigenvalue weighted by Gasteiger charge is 2.28. The summed E-state index contributed by atoms with van der Waals surface area (Å²) < 4.78 is 39.5. The molecular weight excluding hydrogens is 448 g/mol. The molecule has 1 unspecified atom stereocenters. The molecule has 0 fully saturated rings. The SMILES string of the molecule is CCC(C)N(Cc1ccc(OC)c(OCc2nc(CO)cs2)c1)S(=O)(=O)c1ccccc1. The van der Waals surface area contributed by atoms with Gasteiger partial charge in [-0.05, 0) is 43.2 Å². The smallest absolute Gasteiger partial charge is 0.243 e. The van der Waals surface area contributed by atoms with Crippen molar-refractivity contribution in [2.45, 2.75) is 51.0 Å². The number of nitrogens with zero attached hydrogens (tertiary/aromatic N) is 2. The molecule has 1 N–H and O–H groups in total. The van der Waals surface area contributed by atoms with Crippen LogP contribution in [-0.2, 0) is 29.8 Å². The van der Waals surface area contributed by atoms with Gasteiger partial charge in [-0.1, -0.05) is 31.2 Å². The second-order valence-corrected chi connectivity index (χ2v) is 10.1. The summed E-state index contributed by atoms with van der Waals surface area (Å²) in [7, 11) is -2.11. The van der Waals surface area contributed by atoms with Crippen molar-refractivity contribution >= 4 is 21.4 Å². The van der Waals surface area contributed by atoms with Gasteiger partial charge in [0.15, 0.2) is 11.5 Å². The molecule has 32 heavy (non-hydrogen) atoms. The van der Waals surface area contributed by atoms with Crippen molar-refractivity contribution in [2.75, 3.05) is 7.11 Å². The molecular formula is C23H28N2O5S2. The summed E-state index contributed by atoms with van der Waals surface area (Å²) in [5.74, 6) is 1.06. The number of thiazole rings is 1. The van der Waals surface area contributed by atoms with Crippen LogP contribution in [0.5, 0.6) is 11.5 Å². The monoisotopic (exact) mass is 476 g/mol. The van der Waals surface area contributed by atoms with Crippen molar-refractivity contribution in [2.24, 2.45) is 0 Å². The Balaban J connectivity index is 1.85. The van der Waals surface area contributed by atoms with E-state index >= 15 is 0 Å². The fourth-order valence-corrected chi connectivity index (χ4v) is 5.56. The van der Waals surface area contributed by atoms with E-state index < -0.39 is 10.0 Å². The molecule has 0 saturated heterocycles. The summed E-state index contributed by atoms with van der Waals surface area (Å²) >= 11 is 1.41.